The van der Waals surface area contributed by atoms with Gasteiger partial charge in [-0.15, -0.1) is 0 Å². The van der Waals surface area contributed by atoms with E-state index in [0.29, 0.717) is 6.54 Å². The molecule has 1 unspecified atom stereocenters. The number of anilines is 1. The highest BCUT2D eigenvalue weighted by Gasteiger charge is 2.20. The Hall–Kier alpha value is -2.03. The fourth-order valence-electron chi connectivity index (χ4n) is 2.13. The fraction of sp³-hybridized carbons (Fsp3) is 0.200. The maximum absolute atomic E-state index is 12.9. The van der Waals surface area contributed by atoms with Crippen molar-refractivity contribution in [2.24, 2.45) is 0 Å². The Balaban J connectivity index is 1.88. The van der Waals surface area contributed by atoms with Gasteiger partial charge in [-0.3, -0.25) is 0 Å². The zero-order valence-electron chi connectivity index (χ0n) is 10.1. The molecule has 92 valence electrons. The molecule has 2 aromatic rings. The van der Waals surface area contributed by atoms with E-state index in [9.17, 15) is 4.39 Å². The molecule has 1 aliphatic rings. The van der Waals surface area contributed by atoms with Crippen LogP contribution in [0.2, 0.25) is 0 Å². The van der Waals surface area contributed by atoms with Crippen molar-refractivity contribution < 1.29 is 9.13 Å². The monoisotopic (exact) mass is 243 g/mol. The maximum Gasteiger partial charge on any atom is 0.143 e. The third-order valence-corrected chi connectivity index (χ3v) is 3.13. The van der Waals surface area contributed by atoms with Gasteiger partial charge in [0.1, 0.15) is 17.7 Å². The summed E-state index contributed by atoms with van der Waals surface area (Å²) in [6.45, 7) is 2.73. The molecule has 0 radical (unpaired) electrons. The van der Waals surface area contributed by atoms with Crippen molar-refractivity contribution in [3.8, 4) is 5.75 Å². The quantitative estimate of drug-likeness (QED) is 0.825. The average molecular weight is 243 g/mol. The topological polar surface area (TPSA) is 21.3 Å². The standard InChI is InChI=1S/C15H14FNO/c1-10-2-7-13-14(8-10)18-15(9-17-13)11-3-5-12(16)6-4-11/h2-8,15,17H,9H2,1H3. The van der Waals surface area contributed by atoms with Crippen molar-refractivity contribution in [3.05, 3.63) is 59.4 Å². The summed E-state index contributed by atoms with van der Waals surface area (Å²) in [5, 5.41) is 3.33. The molecule has 1 aliphatic heterocycles. The van der Waals surface area contributed by atoms with E-state index in [1.54, 1.807) is 12.1 Å². The number of aryl methyl sites for hydroxylation is 1. The number of ether oxygens (including phenoxy) is 1. The molecule has 2 aromatic carbocycles. The second-order valence-corrected chi connectivity index (χ2v) is 4.54. The van der Waals surface area contributed by atoms with Crippen LogP contribution in [0, 0.1) is 12.7 Å². The third-order valence-electron chi connectivity index (χ3n) is 3.13. The van der Waals surface area contributed by atoms with Gasteiger partial charge < -0.3 is 10.1 Å². The van der Waals surface area contributed by atoms with E-state index < -0.39 is 0 Å². The lowest BCUT2D eigenvalue weighted by molar-refractivity contribution is 0.210. The van der Waals surface area contributed by atoms with Gasteiger partial charge in [-0.2, -0.15) is 0 Å². The van der Waals surface area contributed by atoms with Crippen molar-refractivity contribution in [2.75, 3.05) is 11.9 Å². The third kappa shape index (κ3) is 2.04. The van der Waals surface area contributed by atoms with Gasteiger partial charge in [-0.25, -0.2) is 4.39 Å². The number of rotatable bonds is 1. The average Bonchev–Trinajstić information content (AvgIpc) is 2.38. The van der Waals surface area contributed by atoms with Crippen molar-refractivity contribution in [3.63, 3.8) is 0 Å². The Morgan fingerprint density at radius 1 is 1.17 bits per heavy atom. The van der Waals surface area contributed by atoms with E-state index in [1.165, 1.54) is 12.1 Å². The second-order valence-electron chi connectivity index (χ2n) is 4.54. The summed E-state index contributed by atoms with van der Waals surface area (Å²) >= 11 is 0. The molecule has 0 fully saturated rings. The lowest BCUT2D eigenvalue weighted by atomic mass is 10.1. The van der Waals surface area contributed by atoms with Gasteiger partial charge in [0.05, 0.1) is 12.2 Å². The minimum absolute atomic E-state index is 0.0695. The fourth-order valence-corrected chi connectivity index (χ4v) is 2.13. The Labute approximate surface area is 105 Å². The van der Waals surface area contributed by atoms with Crippen LogP contribution in [-0.2, 0) is 0 Å². The van der Waals surface area contributed by atoms with Gasteiger partial charge in [0.15, 0.2) is 0 Å². The van der Waals surface area contributed by atoms with E-state index in [1.807, 2.05) is 25.1 Å². The smallest absolute Gasteiger partial charge is 0.143 e. The summed E-state index contributed by atoms with van der Waals surface area (Å²) < 4.78 is 18.8. The molecule has 0 bridgehead atoms. The molecule has 1 heterocycles. The Morgan fingerprint density at radius 3 is 2.72 bits per heavy atom. The van der Waals surface area contributed by atoms with E-state index in [-0.39, 0.29) is 11.9 Å². The largest absolute Gasteiger partial charge is 0.482 e. The molecule has 0 saturated carbocycles. The van der Waals surface area contributed by atoms with Crippen LogP contribution in [0.4, 0.5) is 10.1 Å². The number of fused-ring (bicyclic) bond motifs is 1. The highest BCUT2D eigenvalue weighted by Crippen LogP contribution is 2.34. The molecule has 3 heteroatoms. The number of nitrogens with one attached hydrogen (secondary N) is 1. The van der Waals surface area contributed by atoms with Crippen molar-refractivity contribution >= 4 is 5.69 Å². The van der Waals surface area contributed by atoms with Gasteiger partial charge in [0, 0.05) is 0 Å². The number of hydrogen-bond acceptors (Lipinski definition) is 2. The van der Waals surface area contributed by atoms with Gasteiger partial charge in [0.2, 0.25) is 0 Å². The van der Waals surface area contributed by atoms with Crippen LogP contribution >= 0.6 is 0 Å². The number of benzene rings is 2. The summed E-state index contributed by atoms with van der Waals surface area (Å²) in [5.74, 6) is 0.634. The molecule has 0 amide bonds. The SMILES string of the molecule is Cc1ccc2c(c1)OC(c1ccc(F)cc1)CN2. The van der Waals surface area contributed by atoms with E-state index >= 15 is 0 Å². The van der Waals surface area contributed by atoms with Gasteiger partial charge in [0.25, 0.3) is 0 Å². The van der Waals surface area contributed by atoms with Crippen LogP contribution in [0.3, 0.4) is 0 Å². The van der Waals surface area contributed by atoms with Crippen molar-refractivity contribution in [1.29, 1.82) is 0 Å². The molecule has 0 spiro atoms. The summed E-state index contributed by atoms with van der Waals surface area (Å²) in [6.07, 6.45) is -0.0695. The number of halogens is 1. The highest BCUT2D eigenvalue weighted by atomic mass is 19.1. The highest BCUT2D eigenvalue weighted by molar-refractivity contribution is 5.59. The Bertz CT molecular complexity index is 565. The van der Waals surface area contributed by atoms with Crippen LogP contribution in [0.5, 0.6) is 5.75 Å². The summed E-state index contributed by atoms with van der Waals surface area (Å²) in [7, 11) is 0. The first-order valence-corrected chi connectivity index (χ1v) is 5.99. The predicted molar refractivity (Wildman–Crippen MR) is 69.4 cm³/mol. The predicted octanol–water partition coefficient (Wildman–Crippen LogP) is 3.68. The molecule has 1 atom stereocenters. The van der Waals surface area contributed by atoms with Crippen LogP contribution in [0.15, 0.2) is 42.5 Å². The zero-order chi connectivity index (χ0) is 12.5. The molecular formula is C15H14FNO. The Kier molecular flexibility index (Phi) is 2.67. The van der Waals surface area contributed by atoms with Crippen LogP contribution < -0.4 is 10.1 Å². The molecule has 1 N–H and O–H groups in total. The number of hydrogen-bond donors (Lipinski definition) is 1. The molecule has 18 heavy (non-hydrogen) atoms. The van der Waals surface area contributed by atoms with Crippen molar-refractivity contribution in [2.45, 2.75) is 13.0 Å². The zero-order valence-corrected chi connectivity index (χ0v) is 10.1. The summed E-state index contributed by atoms with van der Waals surface area (Å²) in [5.41, 5.74) is 3.16. The molecule has 3 rings (SSSR count). The lowest BCUT2D eigenvalue weighted by Crippen LogP contribution is -2.23. The first-order chi connectivity index (χ1) is 8.72. The minimum atomic E-state index is -0.223. The van der Waals surface area contributed by atoms with Crippen LogP contribution in [0.25, 0.3) is 0 Å². The first kappa shape index (κ1) is 11.1. The summed E-state index contributed by atoms with van der Waals surface area (Å²) in [6, 6.07) is 12.5. The molecule has 0 saturated heterocycles. The van der Waals surface area contributed by atoms with Crippen LogP contribution in [-0.4, -0.2) is 6.54 Å². The van der Waals surface area contributed by atoms with E-state index in [4.69, 9.17) is 4.74 Å². The maximum atomic E-state index is 12.9. The van der Waals surface area contributed by atoms with Gasteiger partial charge in [-0.05, 0) is 42.3 Å². The second kappa shape index (κ2) is 4.33. The van der Waals surface area contributed by atoms with Crippen molar-refractivity contribution in [1.82, 2.24) is 0 Å². The first-order valence-electron chi connectivity index (χ1n) is 5.99. The van der Waals surface area contributed by atoms with E-state index in [2.05, 4.69) is 5.32 Å². The minimum Gasteiger partial charge on any atom is -0.482 e. The molecule has 0 aliphatic carbocycles. The normalized spacial score (nSPS) is 17.6. The molecular weight excluding hydrogens is 229 g/mol. The van der Waals surface area contributed by atoms with Gasteiger partial charge >= 0.3 is 0 Å². The van der Waals surface area contributed by atoms with Crippen LogP contribution in [0.1, 0.15) is 17.2 Å². The van der Waals surface area contributed by atoms with Gasteiger partial charge in [-0.1, -0.05) is 18.2 Å². The molecule has 0 aromatic heterocycles. The summed E-state index contributed by atoms with van der Waals surface area (Å²) in [4.78, 5) is 0. The molecule has 2 nitrogen and oxygen atoms in total. The lowest BCUT2D eigenvalue weighted by Gasteiger charge is -2.28. The van der Waals surface area contributed by atoms with E-state index in [0.717, 1.165) is 22.6 Å². The Morgan fingerprint density at radius 2 is 1.94 bits per heavy atom.